The molecule has 0 saturated heterocycles. The average Bonchev–Trinajstić information content (AvgIpc) is 2.31. The molecule has 1 aromatic rings. The summed E-state index contributed by atoms with van der Waals surface area (Å²) in [4.78, 5) is 16.7. The zero-order valence-corrected chi connectivity index (χ0v) is 14.4. The van der Waals surface area contributed by atoms with E-state index in [1.165, 1.54) is 0 Å². The topological polar surface area (TPSA) is 54.0 Å². The Balaban J connectivity index is 2.79. The summed E-state index contributed by atoms with van der Waals surface area (Å²) in [6, 6.07) is 3.64. The lowest BCUT2D eigenvalue weighted by molar-refractivity contribution is 0.0939. The highest BCUT2D eigenvalue weighted by Crippen LogP contribution is 2.16. The van der Waals surface area contributed by atoms with Crippen LogP contribution in [-0.2, 0) is 0 Å². The van der Waals surface area contributed by atoms with E-state index >= 15 is 0 Å². The maximum Gasteiger partial charge on any atom is 0.251 e. The third-order valence-corrected chi connectivity index (χ3v) is 2.79. The highest BCUT2D eigenvalue weighted by atomic mass is 16.1. The van der Waals surface area contributed by atoms with Crippen molar-refractivity contribution in [3.05, 3.63) is 23.4 Å². The van der Waals surface area contributed by atoms with Crippen molar-refractivity contribution in [1.29, 1.82) is 0 Å². The first-order valence-electron chi connectivity index (χ1n) is 7.47. The fraction of sp³-hybridized carbons (Fsp3) is 0.647. The molecule has 0 bridgehead atoms. The normalized spacial score (nSPS) is 12.1. The molecule has 0 aliphatic rings. The predicted molar refractivity (Wildman–Crippen MR) is 88.7 cm³/mol. The van der Waals surface area contributed by atoms with Crippen LogP contribution in [0.3, 0.4) is 0 Å². The number of pyridine rings is 1. The number of nitrogens with one attached hydrogen (secondary N) is 2. The SMILES string of the molecule is Cc1cc(C(=O)NCC(C)(C)C)cc(NCC(C)(C)C)n1. The van der Waals surface area contributed by atoms with Crippen LogP contribution >= 0.6 is 0 Å². The van der Waals surface area contributed by atoms with Crippen LogP contribution in [-0.4, -0.2) is 24.0 Å². The number of nitrogens with zero attached hydrogens (tertiary/aromatic N) is 1. The molecule has 0 aliphatic carbocycles. The van der Waals surface area contributed by atoms with E-state index in [-0.39, 0.29) is 16.7 Å². The second kappa shape index (κ2) is 6.46. The first kappa shape index (κ1) is 17.5. The smallest absolute Gasteiger partial charge is 0.251 e. The van der Waals surface area contributed by atoms with Gasteiger partial charge in [-0.15, -0.1) is 0 Å². The Labute approximate surface area is 128 Å². The molecule has 1 heterocycles. The molecule has 21 heavy (non-hydrogen) atoms. The van der Waals surface area contributed by atoms with Crippen molar-refractivity contribution in [2.75, 3.05) is 18.4 Å². The summed E-state index contributed by atoms with van der Waals surface area (Å²) < 4.78 is 0. The molecule has 0 atom stereocenters. The number of aromatic nitrogens is 1. The number of amides is 1. The molecule has 1 aromatic heterocycles. The largest absolute Gasteiger partial charge is 0.370 e. The minimum atomic E-state index is -0.0470. The molecule has 0 aromatic carbocycles. The summed E-state index contributed by atoms with van der Waals surface area (Å²) in [5, 5.41) is 6.27. The molecule has 0 aliphatic heterocycles. The van der Waals surface area contributed by atoms with Crippen LogP contribution in [0.4, 0.5) is 5.82 Å². The van der Waals surface area contributed by atoms with Crippen molar-refractivity contribution in [3.8, 4) is 0 Å². The number of aryl methyl sites for hydroxylation is 1. The minimum absolute atomic E-state index is 0.0470. The second-order valence-electron chi connectivity index (χ2n) is 8.04. The standard InChI is InChI=1S/C17H29N3O/c1-12-8-13(15(21)19-11-17(5,6)7)9-14(20-12)18-10-16(2,3)4/h8-9H,10-11H2,1-7H3,(H,18,20)(H,19,21). The van der Waals surface area contributed by atoms with Gasteiger partial charge in [0.25, 0.3) is 5.91 Å². The van der Waals surface area contributed by atoms with E-state index in [1.807, 2.05) is 19.1 Å². The number of carbonyl (C=O) groups excluding carboxylic acids is 1. The van der Waals surface area contributed by atoms with Gasteiger partial charge in [0.15, 0.2) is 0 Å². The van der Waals surface area contributed by atoms with E-state index in [4.69, 9.17) is 0 Å². The summed E-state index contributed by atoms with van der Waals surface area (Å²) in [5.41, 5.74) is 1.74. The highest BCUT2D eigenvalue weighted by molar-refractivity contribution is 5.95. The molecule has 1 rings (SSSR count). The van der Waals surface area contributed by atoms with Gasteiger partial charge in [0.1, 0.15) is 5.82 Å². The van der Waals surface area contributed by atoms with E-state index in [9.17, 15) is 4.79 Å². The van der Waals surface area contributed by atoms with E-state index < -0.39 is 0 Å². The number of carbonyl (C=O) groups is 1. The van der Waals surface area contributed by atoms with Crippen LogP contribution in [0.5, 0.6) is 0 Å². The first-order chi connectivity index (χ1) is 9.46. The molecular formula is C17H29N3O. The Morgan fingerprint density at radius 1 is 1.05 bits per heavy atom. The van der Waals surface area contributed by atoms with Gasteiger partial charge in [0.2, 0.25) is 0 Å². The van der Waals surface area contributed by atoms with Crippen molar-refractivity contribution in [3.63, 3.8) is 0 Å². The Kier molecular flexibility index (Phi) is 5.37. The fourth-order valence-electron chi connectivity index (χ4n) is 1.69. The zero-order valence-electron chi connectivity index (χ0n) is 14.4. The van der Waals surface area contributed by atoms with Crippen molar-refractivity contribution < 1.29 is 4.79 Å². The molecule has 0 saturated carbocycles. The van der Waals surface area contributed by atoms with Crippen molar-refractivity contribution in [2.24, 2.45) is 10.8 Å². The molecule has 4 heteroatoms. The lowest BCUT2D eigenvalue weighted by atomic mass is 9.96. The number of rotatable bonds is 4. The molecule has 1 amide bonds. The van der Waals surface area contributed by atoms with E-state index in [1.54, 1.807) is 0 Å². The van der Waals surface area contributed by atoms with Gasteiger partial charge in [0.05, 0.1) is 0 Å². The maximum atomic E-state index is 12.2. The first-order valence-corrected chi connectivity index (χ1v) is 7.47. The van der Waals surface area contributed by atoms with Crippen LogP contribution in [0.25, 0.3) is 0 Å². The summed E-state index contributed by atoms with van der Waals surface area (Å²) >= 11 is 0. The van der Waals surface area contributed by atoms with Crippen LogP contribution < -0.4 is 10.6 Å². The summed E-state index contributed by atoms with van der Waals surface area (Å²) in [5.74, 6) is 0.708. The van der Waals surface area contributed by atoms with Crippen LogP contribution in [0.1, 0.15) is 57.6 Å². The maximum absolute atomic E-state index is 12.2. The van der Waals surface area contributed by atoms with Crippen molar-refractivity contribution >= 4 is 11.7 Å². The van der Waals surface area contributed by atoms with E-state index in [0.717, 1.165) is 18.1 Å². The lowest BCUT2D eigenvalue weighted by Crippen LogP contribution is -2.32. The quantitative estimate of drug-likeness (QED) is 0.890. The molecule has 4 nitrogen and oxygen atoms in total. The molecule has 0 unspecified atom stereocenters. The Hall–Kier alpha value is -1.58. The fourth-order valence-corrected chi connectivity index (χ4v) is 1.69. The minimum Gasteiger partial charge on any atom is -0.370 e. The number of hydrogen-bond donors (Lipinski definition) is 2. The lowest BCUT2D eigenvalue weighted by Gasteiger charge is -2.20. The van der Waals surface area contributed by atoms with Gasteiger partial charge in [-0.25, -0.2) is 4.98 Å². The van der Waals surface area contributed by atoms with Crippen molar-refractivity contribution in [2.45, 2.75) is 48.5 Å². The van der Waals surface area contributed by atoms with Gasteiger partial charge >= 0.3 is 0 Å². The van der Waals surface area contributed by atoms with Crippen LogP contribution in [0.2, 0.25) is 0 Å². The molecule has 0 radical (unpaired) electrons. The van der Waals surface area contributed by atoms with E-state index in [2.05, 4.69) is 57.2 Å². The Morgan fingerprint density at radius 3 is 2.14 bits per heavy atom. The highest BCUT2D eigenvalue weighted by Gasteiger charge is 2.15. The van der Waals surface area contributed by atoms with Gasteiger partial charge in [-0.1, -0.05) is 41.5 Å². The van der Waals surface area contributed by atoms with Gasteiger partial charge in [0, 0.05) is 24.3 Å². The van der Waals surface area contributed by atoms with Crippen molar-refractivity contribution in [1.82, 2.24) is 10.3 Å². The molecule has 0 fully saturated rings. The zero-order chi connectivity index (χ0) is 16.3. The third-order valence-electron chi connectivity index (χ3n) is 2.79. The van der Waals surface area contributed by atoms with Gasteiger partial charge in [-0.2, -0.15) is 0 Å². The Morgan fingerprint density at radius 2 is 1.62 bits per heavy atom. The van der Waals surface area contributed by atoms with Crippen LogP contribution in [0, 0.1) is 17.8 Å². The average molecular weight is 291 g/mol. The monoisotopic (exact) mass is 291 g/mol. The molecule has 0 spiro atoms. The van der Waals surface area contributed by atoms with Crippen LogP contribution in [0.15, 0.2) is 12.1 Å². The Bertz CT molecular complexity index is 496. The third kappa shape index (κ3) is 7.11. The summed E-state index contributed by atoms with van der Waals surface area (Å²) in [7, 11) is 0. The number of anilines is 1. The molecular weight excluding hydrogens is 262 g/mol. The second-order valence-corrected chi connectivity index (χ2v) is 8.04. The number of hydrogen-bond acceptors (Lipinski definition) is 3. The molecule has 118 valence electrons. The summed E-state index contributed by atoms with van der Waals surface area (Å²) in [6.45, 7) is 16.1. The van der Waals surface area contributed by atoms with Gasteiger partial charge in [-0.3, -0.25) is 4.79 Å². The summed E-state index contributed by atoms with van der Waals surface area (Å²) in [6.07, 6.45) is 0. The van der Waals surface area contributed by atoms with Gasteiger partial charge < -0.3 is 10.6 Å². The van der Waals surface area contributed by atoms with Gasteiger partial charge in [-0.05, 0) is 29.9 Å². The van der Waals surface area contributed by atoms with E-state index in [0.29, 0.717) is 12.1 Å². The predicted octanol–water partition coefficient (Wildman–Crippen LogP) is 3.62. The molecule has 2 N–H and O–H groups in total.